The fourth-order valence-electron chi connectivity index (χ4n) is 4.65. The van der Waals surface area contributed by atoms with Crippen LogP contribution in [0, 0.1) is 0 Å². The third-order valence-corrected chi connectivity index (χ3v) is 6.34. The van der Waals surface area contributed by atoms with Crippen molar-refractivity contribution in [1.82, 2.24) is 15.1 Å². The van der Waals surface area contributed by atoms with Crippen LogP contribution in [0.5, 0.6) is 0 Å². The minimum atomic E-state index is -4.49. The molecule has 172 valence electrons. The molecule has 2 unspecified atom stereocenters. The molecule has 5 rings (SSSR count). The summed E-state index contributed by atoms with van der Waals surface area (Å²) in [5, 5.41) is 7.01. The van der Waals surface area contributed by atoms with Gasteiger partial charge in [-0.25, -0.2) is 0 Å². The summed E-state index contributed by atoms with van der Waals surface area (Å²) < 4.78 is 41.0. The molecule has 2 aliphatic rings. The maximum Gasteiger partial charge on any atom is 0.416 e. The number of rotatable bonds is 3. The molecule has 3 aromatic rings. The van der Waals surface area contributed by atoms with Gasteiger partial charge in [0.15, 0.2) is 11.8 Å². The second kappa shape index (κ2) is 7.96. The van der Waals surface area contributed by atoms with Gasteiger partial charge in [0.05, 0.1) is 23.4 Å². The highest BCUT2D eigenvalue weighted by Crippen LogP contribution is 2.38. The molecule has 11 heteroatoms. The summed E-state index contributed by atoms with van der Waals surface area (Å²) in [6, 6.07) is 11.1. The fraction of sp³-hybridized carbons (Fsp3) is 0.273. The van der Waals surface area contributed by atoms with Crippen LogP contribution in [-0.4, -0.2) is 33.6 Å². The summed E-state index contributed by atoms with van der Waals surface area (Å²) in [4.78, 5) is 8.09. The van der Waals surface area contributed by atoms with Crippen molar-refractivity contribution in [3.05, 3.63) is 75.9 Å². The number of nitrogens with zero attached hydrogens (tertiary/aromatic N) is 4. The second-order valence-electron chi connectivity index (χ2n) is 8.16. The minimum Gasteiger partial charge on any atom is -0.369 e. The van der Waals surface area contributed by atoms with Gasteiger partial charge in [0.25, 0.3) is 0 Å². The number of aromatic nitrogens is 2. The van der Waals surface area contributed by atoms with Gasteiger partial charge in [0, 0.05) is 23.8 Å². The number of para-hydroxylation sites is 1. The van der Waals surface area contributed by atoms with Crippen LogP contribution in [0.1, 0.15) is 28.4 Å². The average molecular weight is 476 g/mol. The SMILES string of the molecule is NC1=Nc2[nH]ncc2C(N)N1C1Cc2ccccc2N(Cc2cc(Cl)ccc2C(F)(F)F)C1. The van der Waals surface area contributed by atoms with E-state index < -0.39 is 17.9 Å². The Kier molecular flexibility index (Phi) is 5.21. The van der Waals surface area contributed by atoms with E-state index in [-0.39, 0.29) is 29.1 Å². The number of nitrogens with two attached hydrogens (primary N) is 2. The van der Waals surface area contributed by atoms with E-state index in [4.69, 9.17) is 23.1 Å². The van der Waals surface area contributed by atoms with Gasteiger partial charge in [-0.2, -0.15) is 23.3 Å². The van der Waals surface area contributed by atoms with Gasteiger partial charge in [0.2, 0.25) is 0 Å². The molecular weight excluding hydrogens is 455 g/mol. The number of alkyl halides is 3. The number of halogens is 4. The van der Waals surface area contributed by atoms with E-state index in [2.05, 4.69) is 15.2 Å². The molecule has 0 radical (unpaired) electrons. The van der Waals surface area contributed by atoms with Crippen molar-refractivity contribution in [1.29, 1.82) is 0 Å². The van der Waals surface area contributed by atoms with E-state index in [0.29, 0.717) is 24.3 Å². The van der Waals surface area contributed by atoms with Gasteiger partial charge in [0.1, 0.15) is 6.17 Å². The predicted molar refractivity (Wildman–Crippen MR) is 120 cm³/mol. The third kappa shape index (κ3) is 3.89. The molecule has 0 saturated carbocycles. The molecule has 33 heavy (non-hydrogen) atoms. The number of guanidine groups is 1. The molecular formula is C22H21ClF3N7. The first-order chi connectivity index (χ1) is 15.7. The summed E-state index contributed by atoms with van der Waals surface area (Å²) in [6.45, 7) is 0.429. The Hall–Kier alpha value is -3.24. The van der Waals surface area contributed by atoms with Crippen molar-refractivity contribution in [2.45, 2.75) is 31.3 Å². The molecule has 2 aliphatic heterocycles. The number of benzene rings is 2. The Balaban J connectivity index is 1.51. The van der Waals surface area contributed by atoms with Crippen LogP contribution in [-0.2, 0) is 19.1 Å². The summed E-state index contributed by atoms with van der Waals surface area (Å²) in [5.41, 5.74) is 14.7. The smallest absolute Gasteiger partial charge is 0.369 e. The first kappa shape index (κ1) is 21.6. The number of H-pyrrole nitrogens is 1. The molecule has 0 fully saturated rings. The Morgan fingerprint density at radius 3 is 2.76 bits per heavy atom. The van der Waals surface area contributed by atoms with Crippen LogP contribution in [0.3, 0.4) is 0 Å². The van der Waals surface area contributed by atoms with E-state index >= 15 is 0 Å². The highest BCUT2D eigenvalue weighted by molar-refractivity contribution is 6.30. The molecule has 0 spiro atoms. The predicted octanol–water partition coefficient (Wildman–Crippen LogP) is 3.93. The topological polar surface area (TPSA) is 99.6 Å². The Bertz CT molecular complexity index is 1220. The lowest BCUT2D eigenvalue weighted by molar-refractivity contribution is -0.138. The van der Waals surface area contributed by atoms with Gasteiger partial charge in [-0.05, 0) is 41.8 Å². The van der Waals surface area contributed by atoms with E-state index in [0.717, 1.165) is 17.3 Å². The molecule has 1 aromatic heterocycles. The Morgan fingerprint density at radius 1 is 1.18 bits per heavy atom. The third-order valence-electron chi connectivity index (χ3n) is 6.10. The number of anilines is 1. The lowest BCUT2D eigenvalue weighted by Crippen LogP contribution is -2.56. The fourth-order valence-corrected chi connectivity index (χ4v) is 4.84. The highest BCUT2D eigenvalue weighted by atomic mass is 35.5. The van der Waals surface area contributed by atoms with Gasteiger partial charge in [-0.1, -0.05) is 29.8 Å². The zero-order valence-electron chi connectivity index (χ0n) is 17.4. The lowest BCUT2D eigenvalue weighted by Gasteiger charge is -2.45. The van der Waals surface area contributed by atoms with Crippen molar-refractivity contribution in [3.8, 4) is 0 Å². The van der Waals surface area contributed by atoms with Crippen molar-refractivity contribution >= 4 is 29.1 Å². The standard InChI is InChI=1S/C22H21ClF3N7/c23-14-5-6-17(22(24,25)26)13(7-14)10-32-11-15(8-12-3-1-2-4-18(12)32)33-19(27)16-9-29-31-20(16)30-21(33)28/h1-7,9,15,19H,8,10-11,27H2,(H3,28,29,30,31). The first-order valence-corrected chi connectivity index (χ1v) is 10.7. The molecule has 0 aliphatic carbocycles. The number of aromatic amines is 1. The summed E-state index contributed by atoms with van der Waals surface area (Å²) in [5.74, 6) is 0.750. The van der Waals surface area contributed by atoms with Gasteiger partial charge < -0.3 is 21.3 Å². The number of aliphatic imine (C=N–C) groups is 1. The van der Waals surface area contributed by atoms with Crippen LogP contribution >= 0.6 is 11.6 Å². The summed E-state index contributed by atoms with van der Waals surface area (Å²) in [7, 11) is 0. The lowest BCUT2D eigenvalue weighted by atomic mass is 9.94. The second-order valence-corrected chi connectivity index (χ2v) is 8.60. The van der Waals surface area contributed by atoms with Crippen LogP contribution in [0.25, 0.3) is 0 Å². The molecule has 7 nitrogen and oxygen atoms in total. The van der Waals surface area contributed by atoms with E-state index in [1.807, 2.05) is 34.1 Å². The van der Waals surface area contributed by atoms with Crippen molar-refractivity contribution in [2.75, 3.05) is 11.4 Å². The van der Waals surface area contributed by atoms with Crippen molar-refractivity contribution in [2.24, 2.45) is 16.5 Å². The Labute approximate surface area is 192 Å². The molecule has 2 aromatic carbocycles. The zero-order chi connectivity index (χ0) is 23.3. The van der Waals surface area contributed by atoms with Crippen LogP contribution in [0.15, 0.2) is 53.7 Å². The number of hydrogen-bond acceptors (Lipinski definition) is 6. The van der Waals surface area contributed by atoms with Gasteiger partial charge in [-0.15, -0.1) is 0 Å². The largest absolute Gasteiger partial charge is 0.416 e. The minimum absolute atomic E-state index is 0.0278. The van der Waals surface area contributed by atoms with E-state index in [1.165, 1.54) is 12.1 Å². The molecule has 0 amide bonds. The van der Waals surface area contributed by atoms with Gasteiger partial charge >= 0.3 is 6.18 Å². The molecule has 3 heterocycles. The number of fused-ring (bicyclic) bond motifs is 2. The number of hydrogen-bond donors (Lipinski definition) is 3. The maximum absolute atomic E-state index is 13.7. The quantitative estimate of drug-likeness (QED) is 0.533. The average Bonchev–Trinajstić information content (AvgIpc) is 3.22. The summed E-state index contributed by atoms with van der Waals surface area (Å²) >= 11 is 6.06. The molecule has 0 bridgehead atoms. The monoisotopic (exact) mass is 475 g/mol. The molecule has 2 atom stereocenters. The Morgan fingerprint density at radius 2 is 1.97 bits per heavy atom. The van der Waals surface area contributed by atoms with Crippen molar-refractivity contribution < 1.29 is 13.2 Å². The van der Waals surface area contributed by atoms with E-state index in [9.17, 15) is 13.2 Å². The molecule has 5 N–H and O–H groups in total. The van der Waals surface area contributed by atoms with Crippen LogP contribution in [0.2, 0.25) is 5.02 Å². The van der Waals surface area contributed by atoms with E-state index in [1.54, 1.807) is 6.20 Å². The number of nitrogens with one attached hydrogen (secondary N) is 1. The first-order valence-electron chi connectivity index (χ1n) is 10.3. The normalized spacial score (nSPS) is 20.3. The van der Waals surface area contributed by atoms with Crippen LogP contribution < -0.4 is 16.4 Å². The van der Waals surface area contributed by atoms with Gasteiger partial charge in [-0.3, -0.25) is 5.10 Å². The molecule has 0 saturated heterocycles. The highest BCUT2D eigenvalue weighted by Gasteiger charge is 2.38. The maximum atomic E-state index is 13.7. The van der Waals surface area contributed by atoms with Crippen LogP contribution in [0.4, 0.5) is 24.7 Å². The summed E-state index contributed by atoms with van der Waals surface area (Å²) in [6.07, 6.45) is -2.84. The zero-order valence-corrected chi connectivity index (χ0v) is 18.1. The van der Waals surface area contributed by atoms with Crippen molar-refractivity contribution in [3.63, 3.8) is 0 Å².